The summed E-state index contributed by atoms with van der Waals surface area (Å²) in [4.78, 5) is 13.7. The zero-order valence-electron chi connectivity index (χ0n) is 18.7. The molecule has 174 valence electrons. The zero-order valence-corrected chi connectivity index (χ0v) is 18.7. The highest BCUT2D eigenvalue weighted by molar-refractivity contribution is 5.90. The molecular weight excluding hydrogens is 420 g/mol. The highest BCUT2D eigenvalue weighted by Gasteiger charge is 2.25. The van der Waals surface area contributed by atoms with Gasteiger partial charge in [-0.15, -0.1) is 0 Å². The summed E-state index contributed by atoms with van der Waals surface area (Å²) in [7, 11) is 0. The van der Waals surface area contributed by atoms with Crippen molar-refractivity contribution in [3.05, 3.63) is 65.9 Å². The summed E-state index contributed by atoms with van der Waals surface area (Å²) in [6.07, 6.45) is 4.32. The molecule has 33 heavy (non-hydrogen) atoms. The molecule has 0 amide bonds. The second kappa shape index (κ2) is 9.95. The Morgan fingerprint density at radius 1 is 1.03 bits per heavy atom. The first kappa shape index (κ1) is 21.9. The largest absolute Gasteiger partial charge is 0.491 e. The van der Waals surface area contributed by atoms with Gasteiger partial charge in [0.1, 0.15) is 17.9 Å². The first-order chi connectivity index (χ1) is 16.2. The molecular formula is C26H30N2O5. The summed E-state index contributed by atoms with van der Waals surface area (Å²) in [6.45, 7) is 5.33. The van der Waals surface area contributed by atoms with Gasteiger partial charge in [-0.05, 0) is 55.6 Å². The predicted molar refractivity (Wildman–Crippen MR) is 125 cm³/mol. The van der Waals surface area contributed by atoms with Crippen molar-refractivity contribution in [3.8, 4) is 5.75 Å². The third-order valence-corrected chi connectivity index (χ3v) is 6.67. The number of para-hydroxylation sites is 2. The van der Waals surface area contributed by atoms with Gasteiger partial charge in [-0.25, -0.2) is 4.79 Å². The Labute approximate surface area is 193 Å². The number of carboxylic acids is 1. The predicted octanol–water partition coefficient (Wildman–Crippen LogP) is 3.97. The number of hydrogen-bond acceptors (Lipinski definition) is 5. The minimum Gasteiger partial charge on any atom is -0.491 e. The highest BCUT2D eigenvalue weighted by Crippen LogP contribution is 2.35. The maximum absolute atomic E-state index is 11.3. The van der Waals surface area contributed by atoms with Crippen LogP contribution in [0, 0.1) is 0 Å². The minimum atomic E-state index is -0.961. The second-order valence-electron chi connectivity index (χ2n) is 8.69. The molecule has 0 unspecified atom stereocenters. The van der Waals surface area contributed by atoms with Crippen molar-refractivity contribution < 1.29 is 24.1 Å². The van der Waals surface area contributed by atoms with Crippen molar-refractivity contribution in [1.29, 1.82) is 0 Å². The van der Waals surface area contributed by atoms with Crippen molar-refractivity contribution in [3.63, 3.8) is 0 Å². The van der Waals surface area contributed by atoms with Crippen molar-refractivity contribution in [2.24, 2.45) is 0 Å². The van der Waals surface area contributed by atoms with Gasteiger partial charge in [-0.2, -0.15) is 0 Å². The fourth-order valence-corrected chi connectivity index (χ4v) is 4.95. The molecule has 1 aromatic heterocycles. The molecule has 0 saturated carbocycles. The summed E-state index contributed by atoms with van der Waals surface area (Å²) in [5.74, 6) is -0.00831. The molecule has 0 spiro atoms. The SMILES string of the molecule is O=C(O)c1ccccc1OCCN1CCC(c2cn(CC3OCCO3)c3ccccc23)CC1. The average molecular weight is 451 g/mol. The molecule has 3 aromatic rings. The maximum atomic E-state index is 11.3. The molecule has 2 saturated heterocycles. The van der Waals surface area contributed by atoms with E-state index in [0.29, 0.717) is 38.0 Å². The lowest BCUT2D eigenvalue weighted by atomic mass is 9.89. The number of ether oxygens (including phenoxy) is 3. The molecule has 2 aliphatic heterocycles. The van der Waals surface area contributed by atoms with Crippen LogP contribution >= 0.6 is 0 Å². The number of hydrogen-bond donors (Lipinski definition) is 1. The van der Waals surface area contributed by atoms with E-state index in [-0.39, 0.29) is 11.9 Å². The molecule has 3 heterocycles. The van der Waals surface area contributed by atoms with E-state index in [1.54, 1.807) is 24.3 Å². The number of aromatic carboxylic acids is 1. The van der Waals surface area contributed by atoms with Gasteiger partial charge in [-0.1, -0.05) is 30.3 Å². The number of fused-ring (bicyclic) bond motifs is 1. The molecule has 1 N–H and O–H groups in total. The van der Waals surface area contributed by atoms with E-state index in [4.69, 9.17) is 14.2 Å². The fraction of sp³-hybridized carbons (Fsp3) is 0.423. The van der Waals surface area contributed by atoms with Gasteiger partial charge in [0, 0.05) is 23.6 Å². The quantitative estimate of drug-likeness (QED) is 0.560. The summed E-state index contributed by atoms with van der Waals surface area (Å²) in [5, 5.41) is 10.6. The van der Waals surface area contributed by atoms with Gasteiger partial charge in [-0.3, -0.25) is 4.90 Å². The molecule has 2 fully saturated rings. The molecule has 0 aliphatic carbocycles. The smallest absolute Gasteiger partial charge is 0.339 e. The first-order valence-electron chi connectivity index (χ1n) is 11.7. The molecule has 7 heteroatoms. The van der Waals surface area contributed by atoms with Gasteiger partial charge in [0.05, 0.1) is 19.8 Å². The number of carboxylic acid groups (broad SMARTS) is 1. The topological polar surface area (TPSA) is 73.2 Å². The van der Waals surface area contributed by atoms with Gasteiger partial charge < -0.3 is 23.9 Å². The van der Waals surface area contributed by atoms with E-state index in [0.717, 1.165) is 32.5 Å². The molecule has 0 radical (unpaired) electrons. The van der Waals surface area contributed by atoms with Crippen molar-refractivity contribution in [2.45, 2.75) is 31.6 Å². The lowest BCUT2D eigenvalue weighted by Gasteiger charge is -2.31. The number of likely N-dealkylation sites (tertiary alicyclic amines) is 1. The van der Waals surface area contributed by atoms with Crippen LogP contribution in [0.3, 0.4) is 0 Å². The van der Waals surface area contributed by atoms with Crippen LogP contribution in [0.5, 0.6) is 5.75 Å². The highest BCUT2D eigenvalue weighted by atomic mass is 16.7. The average Bonchev–Trinajstić information content (AvgIpc) is 3.48. The van der Waals surface area contributed by atoms with Gasteiger partial charge in [0.2, 0.25) is 0 Å². The van der Waals surface area contributed by atoms with Crippen LogP contribution in [-0.4, -0.2) is 66.3 Å². The van der Waals surface area contributed by atoms with E-state index in [1.165, 1.54) is 16.5 Å². The van der Waals surface area contributed by atoms with E-state index in [1.807, 2.05) is 0 Å². The molecule has 2 aromatic carbocycles. The van der Waals surface area contributed by atoms with Crippen LogP contribution < -0.4 is 4.74 Å². The van der Waals surface area contributed by atoms with E-state index in [9.17, 15) is 9.90 Å². The molecule has 2 aliphatic rings. The number of carbonyl (C=O) groups is 1. The minimum absolute atomic E-state index is 0.165. The van der Waals surface area contributed by atoms with Crippen molar-refractivity contribution in [2.75, 3.05) is 39.5 Å². The lowest BCUT2D eigenvalue weighted by molar-refractivity contribution is -0.0517. The fourth-order valence-electron chi connectivity index (χ4n) is 4.95. The summed E-state index contributed by atoms with van der Waals surface area (Å²) in [6, 6.07) is 15.4. The van der Waals surface area contributed by atoms with Crippen molar-refractivity contribution in [1.82, 2.24) is 9.47 Å². The first-order valence-corrected chi connectivity index (χ1v) is 11.7. The Morgan fingerprint density at radius 2 is 1.76 bits per heavy atom. The number of nitrogens with zero attached hydrogens (tertiary/aromatic N) is 2. The maximum Gasteiger partial charge on any atom is 0.339 e. The van der Waals surface area contributed by atoms with E-state index < -0.39 is 5.97 Å². The van der Waals surface area contributed by atoms with Crippen LogP contribution in [0.4, 0.5) is 0 Å². The number of aromatic nitrogens is 1. The van der Waals surface area contributed by atoms with Crippen LogP contribution in [0.25, 0.3) is 10.9 Å². The summed E-state index contributed by atoms with van der Waals surface area (Å²) in [5.41, 5.74) is 2.86. The Hall–Kier alpha value is -2.87. The van der Waals surface area contributed by atoms with E-state index in [2.05, 4.69) is 39.9 Å². The third kappa shape index (κ3) is 4.90. The van der Waals surface area contributed by atoms with Crippen LogP contribution in [0.1, 0.15) is 34.7 Å². The summed E-state index contributed by atoms with van der Waals surface area (Å²) >= 11 is 0. The Morgan fingerprint density at radius 3 is 2.55 bits per heavy atom. The van der Waals surface area contributed by atoms with Crippen molar-refractivity contribution >= 4 is 16.9 Å². The Kier molecular flexibility index (Phi) is 6.62. The second-order valence-corrected chi connectivity index (χ2v) is 8.69. The normalized spacial score (nSPS) is 18.2. The van der Waals surface area contributed by atoms with E-state index >= 15 is 0 Å². The monoisotopic (exact) mass is 450 g/mol. The third-order valence-electron chi connectivity index (χ3n) is 6.67. The van der Waals surface area contributed by atoms with Crippen LogP contribution in [0.2, 0.25) is 0 Å². The molecule has 0 atom stereocenters. The Balaban J connectivity index is 1.19. The molecule has 5 rings (SSSR count). The van der Waals surface area contributed by atoms with Gasteiger partial charge in [0.25, 0.3) is 0 Å². The Bertz CT molecular complexity index is 1100. The zero-order chi connectivity index (χ0) is 22.6. The van der Waals surface area contributed by atoms with Gasteiger partial charge in [0.15, 0.2) is 6.29 Å². The summed E-state index contributed by atoms with van der Waals surface area (Å²) < 4.78 is 19.4. The van der Waals surface area contributed by atoms with Crippen LogP contribution in [0.15, 0.2) is 54.7 Å². The molecule has 7 nitrogen and oxygen atoms in total. The number of rotatable bonds is 8. The standard InChI is InChI=1S/C26H30N2O5/c29-26(30)21-6-2-4-8-24(21)31-14-13-27-11-9-19(10-12-27)22-17-28(18-25-32-15-16-33-25)23-7-3-1-5-20(22)23/h1-8,17,19,25H,9-16,18H2,(H,29,30). The van der Waals surface area contributed by atoms with Gasteiger partial charge >= 0.3 is 5.97 Å². The van der Waals surface area contributed by atoms with Crippen LogP contribution in [-0.2, 0) is 16.0 Å². The number of benzene rings is 2. The lowest BCUT2D eigenvalue weighted by Crippen LogP contribution is -2.35. The number of piperidine rings is 1. The molecule has 0 bridgehead atoms.